The van der Waals surface area contributed by atoms with Crippen molar-refractivity contribution in [2.24, 2.45) is 0 Å². The summed E-state index contributed by atoms with van der Waals surface area (Å²) >= 11 is 0. The third kappa shape index (κ3) is 3.03. The molecule has 2 unspecified atom stereocenters. The van der Waals surface area contributed by atoms with Gasteiger partial charge in [0, 0.05) is 18.2 Å². The fourth-order valence-electron chi connectivity index (χ4n) is 1.95. The molecule has 2 rings (SSSR count). The molecule has 18 heavy (non-hydrogen) atoms. The predicted molar refractivity (Wildman–Crippen MR) is 70.3 cm³/mol. The molecule has 98 valence electrons. The van der Waals surface area contributed by atoms with Crippen molar-refractivity contribution in [2.75, 3.05) is 20.6 Å². The van der Waals surface area contributed by atoms with E-state index in [2.05, 4.69) is 31.2 Å². The second-order valence-corrected chi connectivity index (χ2v) is 4.68. The topological polar surface area (TPSA) is 41.6 Å². The molecule has 0 aliphatic rings. The summed E-state index contributed by atoms with van der Waals surface area (Å²) in [6.45, 7) is 2.95. The number of nitrogens with zero attached hydrogens (tertiary/aromatic N) is 1. The Bertz CT molecular complexity index is 434. The van der Waals surface area contributed by atoms with Crippen LogP contribution in [0.15, 0.2) is 45.8 Å². The van der Waals surface area contributed by atoms with E-state index in [-0.39, 0.29) is 12.1 Å². The molecule has 0 aromatic carbocycles. The van der Waals surface area contributed by atoms with Crippen LogP contribution in [0.25, 0.3) is 0 Å². The summed E-state index contributed by atoms with van der Waals surface area (Å²) < 4.78 is 10.6. The Morgan fingerprint density at radius 2 is 2.11 bits per heavy atom. The van der Waals surface area contributed by atoms with Gasteiger partial charge >= 0.3 is 0 Å². The van der Waals surface area contributed by atoms with Crippen LogP contribution in [0.5, 0.6) is 0 Å². The van der Waals surface area contributed by atoms with Crippen molar-refractivity contribution in [1.29, 1.82) is 0 Å². The van der Waals surface area contributed by atoms with Crippen LogP contribution in [-0.2, 0) is 0 Å². The van der Waals surface area contributed by atoms with E-state index in [9.17, 15) is 0 Å². The molecule has 0 aliphatic carbocycles. The van der Waals surface area contributed by atoms with E-state index in [1.807, 2.05) is 18.2 Å². The smallest absolute Gasteiger partial charge is 0.122 e. The van der Waals surface area contributed by atoms with Gasteiger partial charge in [0.05, 0.1) is 24.8 Å². The van der Waals surface area contributed by atoms with E-state index in [1.54, 1.807) is 18.8 Å². The third-order valence-electron chi connectivity index (χ3n) is 3.16. The molecule has 2 aromatic heterocycles. The summed E-state index contributed by atoms with van der Waals surface area (Å²) in [6.07, 6.45) is 5.18. The Hall–Kier alpha value is -1.52. The molecule has 4 heteroatoms. The number of likely N-dealkylation sites (N-methyl/N-ethyl adjacent to an activating group) is 1. The molecule has 0 spiro atoms. The van der Waals surface area contributed by atoms with E-state index in [1.165, 1.54) is 0 Å². The lowest BCUT2D eigenvalue weighted by Crippen LogP contribution is -2.32. The molecule has 2 aromatic rings. The molecule has 0 saturated carbocycles. The maximum absolute atomic E-state index is 5.48. The van der Waals surface area contributed by atoms with E-state index in [4.69, 9.17) is 8.83 Å². The zero-order valence-electron chi connectivity index (χ0n) is 11.1. The second-order valence-electron chi connectivity index (χ2n) is 4.68. The molecular formula is C14H20N2O2. The lowest BCUT2D eigenvalue weighted by atomic mass is 10.1. The lowest BCUT2D eigenvalue weighted by molar-refractivity contribution is 0.245. The molecule has 2 atom stereocenters. The van der Waals surface area contributed by atoms with Crippen LogP contribution in [0.2, 0.25) is 0 Å². The van der Waals surface area contributed by atoms with E-state index >= 15 is 0 Å². The van der Waals surface area contributed by atoms with Gasteiger partial charge in [-0.3, -0.25) is 4.90 Å². The highest BCUT2D eigenvalue weighted by Gasteiger charge is 2.18. The summed E-state index contributed by atoms with van der Waals surface area (Å²) in [5, 5.41) is 3.49. The van der Waals surface area contributed by atoms with Crippen molar-refractivity contribution in [3.05, 3.63) is 48.3 Å². The summed E-state index contributed by atoms with van der Waals surface area (Å²) in [5.41, 5.74) is 1.16. The average Bonchev–Trinajstić information content (AvgIpc) is 3.01. The Labute approximate surface area is 108 Å². The van der Waals surface area contributed by atoms with Crippen molar-refractivity contribution in [3.63, 3.8) is 0 Å². The first kappa shape index (κ1) is 12.9. The molecule has 0 bridgehead atoms. The normalized spacial score (nSPS) is 14.9. The summed E-state index contributed by atoms with van der Waals surface area (Å²) in [7, 11) is 4.11. The standard InChI is InChI=1S/C14H20N2O2/c1-11(12-6-8-17-10-12)15-9-13(16(2)3)14-5-4-7-18-14/h4-8,10-11,13,15H,9H2,1-3H3. The number of rotatable bonds is 6. The molecule has 0 radical (unpaired) electrons. The van der Waals surface area contributed by atoms with Crippen LogP contribution < -0.4 is 5.32 Å². The Balaban J connectivity index is 1.94. The molecule has 0 amide bonds. The van der Waals surface area contributed by atoms with Crippen LogP contribution in [0.1, 0.15) is 30.3 Å². The van der Waals surface area contributed by atoms with Gasteiger partial charge in [-0.1, -0.05) is 0 Å². The van der Waals surface area contributed by atoms with Gasteiger partial charge in [-0.2, -0.15) is 0 Å². The summed E-state index contributed by atoms with van der Waals surface area (Å²) in [6, 6.07) is 6.41. The minimum Gasteiger partial charge on any atom is -0.472 e. The number of hydrogen-bond acceptors (Lipinski definition) is 4. The molecule has 4 nitrogen and oxygen atoms in total. The van der Waals surface area contributed by atoms with Gasteiger partial charge in [-0.05, 0) is 39.2 Å². The van der Waals surface area contributed by atoms with Gasteiger partial charge in [0.15, 0.2) is 0 Å². The van der Waals surface area contributed by atoms with Crippen molar-refractivity contribution in [2.45, 2.75) is 19.0 Å². The van der Waals surface area contributed by atoms with Crippen molar-refractivity contribution in [1.82, 2.24) is 10.2 Å². The predicted octanol–water partition coefficient (Wildman–Crippen LogP) is 2.83. The van der Waals surface area contributed by atoms with E-state index in [0.29, 0.717) is 0 Å². The molecule has 0 aliphatic heterocycles. The van der Waals surface area contributed by atoms with Crippen molar-refractivity contribution >= 4 is 0 Å². The van der Waals surface area contributed by atoms with Gasteiger partial charge in [0.1, 0.15) is 5.76 Å². The van der Waals surface area contributed by atoms with Gasteiger partial charge in [-0.25, -0.2) is 0 Å². The van der Waals surface area contributed by atoms with E-state index in [0.717, 1.165) is 17.9 Å². The van der Waals surface area contributed by atoms with Crippen LogP contribution >= 0.6 is 0 Å². The highest BCUT2D eigenvalue weighted by molar-refractivity contribution is 5.11. The van der Waals surface area contributed by atoms with E-state index < -0.39 is 0 Å². The Morgan fingerprint density at radius 3 is 2.67 bits per heavy atom. The Kier molecular flexibility index (Phi) is 4.23. The highest BCUT2D eigenvalue weighted by Crippen LogP contribution is 2.19. The largest absolute Gasteiger partial charge is 0.472 e. The fourth-order valence-corrected chi connectivity index (χ4v) is 1.95. The second kappa shape index (κ2) is 5.89. The monoisotopic (exact) mass is 248 g/mol. The first-order valence-electron chi connectivity index (χ1n) is 6.14. The van der Waals surface area contributed by atoms with Gasteiger partial charge in [0.2, 0.25) is 0 Å². The maximum Gasteiger partial charge on any atom is 0.122 e. The minimum atomic E-state index is 0.231. The molecule has 0 fully saturated rings. The number of furan rings is 2. The fraction of sp³-hybridized carbons (Fsp3) is 0.429. The van der Waals surface area contributed by atoms with Crippen LogP contribution in [0, 0.1) is 0 Å². The third-order valence-corrected chi connectivity index (χ3v) is 3.16. The quantitative estimate of drug-likeness (QED) is 0.853. The number of nitrogens with one attached hydrogen (secondary N) is 1. The first-order chi connectivity index (χ1) is 8.68. The van der Waals surface area contributed by atoms with Crippen LogP contribution in [-0.4, -0.2) is 25.5 Å². The van der Waals surface area contributed by atoms with Crippen LogP contribution in [0.4, 0.5) is 0 Å². The first-order valence-corrected chi connectivity index (χ1v) is 6.14. The van der Waals surface area contributed by atoms with Crippen LogP contribution in [0.3, 0.4) is 0 Å². The summed E-state index contributed by atoms with van der Waals surface area (Å²) in [4.78, 5) is 2.15. The van der Waals surface area contributed by atoms with Gasteiger partial charge < -0.3 is 14.2 Å². The molecule has 1 N–H and O–H groups in total. The number of hydrogen-bond donors (Lipinski definition) is 1. The summed E-state index contributed by atoms with van der Waals surface area (Å²) in [5.74, 6) is 0.979. The highest BCUT2D eigenvalue weighted by atomic mass is 16.3. The van der Waals surface area contributed by atoms with Gasteiger partial charge in [-0.15, -0.1) is 0 Å². The molecule has 0 saturated heterocycles. The molecule has 2 heterocycles. The average molecular weight is 248 g/mol. The molecular weight excluding hydrogens is 228 g/mol. The zero-order valence-corrected chi connectivity index (χ0v) is 11.1. The lowest BCUT2D eigenvalue weighted by Gasteiger charge is -2.24. The minimum absolute atomic E-state index is 0.231. The Morgan fingerprint density at radius 1 is 1.28 bits per heavy atom. The van der Waals surface area contributed by atoms with Gasteiger partial charge in [0.25, 0.3) is 0 Å². The van der Waals surface area contributed by atoms with Crippen molar-refractivity contribution in [3.8, 4) is 0 Å². The SMILES string of the molecule is CC(NCC(c1ccco1)N(C)C)c1ccoc1. The van der Waals surface area contributed by atoms with Crippen molar-refractivity contribution < 1.29 is 8.83 Å². The maximum atomic E-state index is 5.48. The zero-order chi connectivity index (χ0) is 13.0.